The Morgan fingerprint density at radius 2 is 1.58 bits per heavy atom. The molecule has 0 aromatic heterocycles. The number of guanidine groups is 1. The van der Waals surface area contributed by atoms with Crippen molar-refractivity contribution in [1.82, 2.24) is 5.32 Å². The van der Waals surface area contributed by atoms with Gasteiger partial charge in [0.05, 0.1) is 6.54 Å². The summed E-state index contributed by atoms with van der Waals surface area (Å²) in [6.45, 7) is 0.503. The number of amides is 2. The van der Waals surface area contributed by atoms with Crippen molar-refractivity contribution in [1.29, 1.82) is 0 Å². The van der Waals surface area contributed by atoms with Gasteiger partial charge in [-0.05, 0) is 47.9 Å². The summed E-state index contributed by atoms with van der Waals surface area (Å²) in [5.74, 6) is -0.452. The van der Waals surface area contributed by atoms with Crippen molar-refractivity contribution in [3.63, 3.8) is 0 Å². The number of carbonyl (C=O) groups excluding carboxylic acids is 2. The molecule has 8 heteroatoms. The van der Waals surface area contributed by atoms with Gasteiger partial charge in [0.2, 0.25) is 5.91 Å². The van der Waals surface area contributed by atoms with Gasteiger partial charge in [-0.15, -0.1) is 0 Å². The molecule has 0 spiro atoms. The van der Waals surface area contributed by atoms with Crippen LogP contribution in [0.15, 0.2) is 72.8 Å². The smallest absolute Gasteiger partial charge is 0.338 e. The van der Waals surface area contributed by atoms with Gasteiger partial charge in [-0.3, -0.25) is 26.0 Å². The molecular weight excluding hydrogens is 414 g/mol. The van der Waals surface area contributed by atoms with E-state index in [0.29, 0.717) is 30.6 Å². The summed E-state index contributed by atoms with van der Waals surface area (Å²) in [4.78, 5) is 28.3. The fourth-order valence-electron chi connectivity index (χ4n) is 3.14. The Balaban J connectivity index is 0.00000341. The normalized spacial score (nSPS) is 11.1. The molecule has 1 unspecified atom stereocenters. The van der Waals surface area contributed by atoms with Crippen molar-refractivity contribution in [2.24, 2.45) is 11.5 Å². The molecule has 0 bridgehead atoms. The van der Waals surface area contributed by atoms with Gasteiger partial charge in [0.15, 0.2) is 0 Å². The second-order valence-electron chi connectivity index (χ2n) is 6.97. The number of hydrogen-bond donors (Lipinski definition) is 5. The molecule has 31 heavy (non-hydrogen) atoms. The van der Waals surface area contributed by atoms with Gasteiger partial charge >= 0.3 is 5.96 Å². The molecule has 3 aromatic rings. The first kappa shape index (κ1) is 23.7. The number of fused-ring (bicyclic) bond motifs is 1. The van der Waals surface area contributed by atoms with Gasteiger partial charge in [-0.2, -0.15) is 0 Å². The zero-order chi connectivity index (χ0) is 21.3. The molecule has 3 rings (SSSR count). The van der Waals surface area contributed by atoms with E-state index in [2.05, 4.69) is 15.6 Å². The highest BCUT2D eigenvalue weighted by Gasteiger charge is 2.21. The first-order valence-corrected chi connectivity index (χ1v) is 9.80. The Labute approximate surface area is 187 Å². The quantitative estimate of drug-likeness (QED) is 0.154. The predicted molar refractivity (Wildman–Crippen MR) is 119 cm³/mol. The Bertz CT molecular complexity index is 1050. The molecule has 7 nitrogen and oxygen atoms in total. The lowest BCUT2D eigenvalue weighted by Gasteiger charge is -2.18. The number of nitrogens with one attached hydrogen (secondary N) is 3. The van der Waals surface area contributed by atoms with Crippen LogP contribution in [0.1, 0.15) is 23.2 Å². The molecule has 7 N–H and O–H groups in total. The van der Waals surface area contributed by atoms with Crippen LogP contribution in [0, 0.1) is 0 Å². The fraction of sp³-hybridized carbons (Fsp3) is 0.174. The molecule has 0 aliphatic rings. The molecule has 0 aliphatic carbocycles. The van der Waals surface area contributed by atoms with E-state index in [-0.39, 0.29) is 30.2 Å². The van der Waals surface area contributed by atoms with Crippen molar-refractivity contribution in [3.05, 3.63) is 78.4 Å². The molecule has 1 atom stereocenters. The van der Waals surface area contributed by atoms with Crippen molar-refractivity contribution >= 4 is 34.2 Å². The van der Waals surface area contributed by atoms with Crippen LogP contribution >= 0.6 is 0 Å². The highest BCUT2D eigenvalue weighted by Crippen LogP contribution is 2.19. The first-order chi connectivity index (χ1) is 14.5. The van der Waals surface area contributed by atoms with Crippen molar-refractivity contribution in [2.75, 3.05) is 11.9 Å². The van der Waals surface area contributed by atoms with Crippen molar-refractivity contribution in [2.45, 2.75) is 18.9 Å². The minimum atomic E-state index is -0.704. The molecule has 0 fully saturated rings. The van der Waals surface area contributed by atoms with E-state index in [9.17, 15) is 9.59 Å². The zero-order valence-electron chi connectivity index (χ0n) is 17.0. The summed E-state index contributed by atoms with van der Waals surface area (Å²) in [5, 5.41) is 7.86. The average molecular weight is 440 g/mol. The van der Waals surface area contributed by atoms with Gasteiger partial charge < -0.3 is 23.0 Å². The van der Waals surface area contributed by atoms with Crippen LogP contribution in [0.25, 0.3) is 10.8 Å². The molecule has 2 amide bonds. The van der Waals surface area contributed by atoms with Gasteiger partial charge in [0.25, 0.3) is 5.91 Å². The van der Waals surface area contributed by atoms with Crippen molar-refractivity contribution in [3.8, 4) is 0 Å². The maximum Gasteiger partial charge on any atom is 0.338 e. The third-order valence-corrected chi connectivity index (χ3v) is 4.67. The molecule has 0 heterocycles. The van der Waals surface area contributed by atoms with E-state index >= 15 is 0 Å². The molecule has 0 radical (unpaired) electrons. The number of nitrogens with two attached hydrogens (primary N) is 2. The highest BCUT2D eigenvalue weighted by molar-refractivity contribution is 6.02. The number of hydrogen-bond acceptors (Lipinski definition) is 2. The Morgan fingerprint density at radius 1 is 0.903 bits per heavy atom. The van der Waals surface area contributed by atoms with Gasteiger partial charge in [0, 0.05) is 11.3 Å². The summed E-state index contributed by atoms with van der Waals surface area (Å²) >= 11 is 0. The average Bonchev–Trinajstić information content (AvgIpc) is 2.76. The Kier molecular flexibility index (Phi) is 8.84. The second-order valence-corrected chi connectivity index (χ2v) is 6.97. The van der Waals surface area contributed by atoms with Crippen LogP contribution in [-0.2, 0) is 4.79 Å². The number of halogens is 1. The molecule has 162 valence electrons. The second kappa shape index (κ2) is 11.6. The lowest BCUT2D eigenvalue weighted by molar-refractivity contribution is -0.459. The summed E-state index contributed by atoms with van der Waals surface area (Å²) in [5.41, 5.74) is 12.0. The molecule has 3 aromatic carbocycles. The van der Waals surface area contributed by atoms with Crippen LogP contribution in [0.3, 0.4) is 0 Å². The van der Waals surface area contributed by atoms with E-state index in [1.165, 1.54) is 0 Å². The van der Waals surface area contributed by atoms with E-state index in [0.717, 1.165) is 10.8 Å². The van der Waals surface area contributed by atoms with E-state index in [1.807, 2.05) is 48.5 Å². The summed E-state index contributed by atoms with van der Waals surface area (Å²) in [7, 11) is 0. The maximum absolute atomic E-state index is 12.9. The summed E-state index contributed by atoms with van der Waals surface area (Å²) in [6, 6.07) is 21.7. The predicted octanol–water partition coefficient (Wildman–Crippen LogP) is -2.28. The molecular formula is C23H26ClN5O2. The van der Waals surface area contributed by atoms with Gasteiger partial charge in [-0.25, -0.2) is 0 Å². The van der Waals surface area contributed by atoms with Crippen molar-refractivity contribution < 1.29 is 27.0 Å². The largest absolute Gasteiger partial charge is 1.00 e. The van der Waals surface area contributed by atoms with Crippen LogP contribution in [-0.4, -0.2) is 30.4 Å². The van der Waals surface area contributed by atoms with Gasteiger partial charge in [-0.1, -0.05) is 48.5 Å². The summed E-state index contributed by atoms with van der Waals surface area (Å²) in [6.07, 6.45) is 1.03. The number of anilines is 1. The number of carbonyl (C=O) groups is 2. The molecule has 0 aliphatic heterocycles. The van der Waals surface area contributed by atoms with Crippen LogP contribution in [0.2, 0.25) is 0 Å². The van der Waals surface area contributed by atoms with E-state index in [1.54, 1.807) is 24.3 Å². The zero-order valence-corrected chi connectivity index (χ0v) is 17.7. The number of rotatable bonds is 8. The van der Waals surface area contributed by atoms with Crippen LogP contribution in [0.4, 0.5) is 5.69 Å². The highest BCUT2D eigenvalue weighted by atomic mass is 35.5. The molecule has 0 saturated heterocycles. The Morgan fingerprint density at radius 3 is 2.29 bits per heavy atom. The van der Waals surface area contributed by atoms with Crippen LogP contribution in [0.5, 0.6) is 0 Å². The monoisotopic (exact) mass is 439 g/mol. The minimum absolute atomic E-state index is 0. The minimum Gasteiger partial charge on any atom is -1.00 e. The topological polar surface area (TPSA) is 124 Å². The lowest BCUT2D eigenvalue weighted by atomic mass is 10.1. The lowest BCUT2D eigenvalue weighted by Crippen LogP contribution is -3.00. The number of benzene rings is 3. The Hall–Kier alpha value is -3.58. The van der Waals surface area contributed by atoms with E-state index < -0.39 is 6.04 Å². The SMILES string of the molecule is NC(N)=[NH+]CCCC(NC(=O)c1ccccc1)C(=O)Nc1ccc2ccccc2c1.[Cl-]. The molecule has 0 saturated carbocycles. The standard InChI is InChI=1S/C23H25N5O2.ClH/c24-23(25)26-14-6-11-20(28-21(29)17-8-2-1-3-9-17)22(30)27-19-13-12-16-7-4-5-10-18(16)15-19;/h1-5,7-10,12-13,15,20H,6,11,14H2,(H,27,30)(H,28,29)(H4,24,25,26);1H. The third-order valence-electron chi connectivity index (χ3n) is 4.67. The first-order valence-electron chi connectivity index (χ1n) is 9.80. The van der Waals surface area contributed by atoms with E-state index in [4.69, 9.17) is 11.5 Å². The summed E-state index contributed by atoms with van der Waals surface area (Å²) < 4.78 is 0. The third kappa shape index (κ3) is 7.01. The van der Waals surface area contributed by atoms with Gasteiger partial charge in [0.1, 0.15) is 6.04 Å². The van der Waals surface area contributed by atoms with Crippen LogP contribution < -0.4 is 39.5 Å². The fourth-order valence-corrected chi connectivity index (χ4v) is 3.14. The maximum atomic E-state index is 12.9.